The molecular formula is C23H27ClN2O3S. The van der Waals surface area contributed by atoms with E-state index in [0.717, 1.165) is 29.5 Å². The number of thiazole rings is 1. The second-order valence-electron chi connectivity index (χ2n) is 6.82. The van der Waals surface area contributed by atoms with Gasteiger partial charge in [0.15, 0.2) is 4.80 Å². The number of amides is 1. The van der Waals surface area contributed by atoms with Crippen molar-refractivity contribution in [2.75, 3.05) is 19.8 Å². The van der Waals surface area contributed by atoms with Gasteiger partial charge in [-0.3, -0.25) is 4.79 Å². The number of hydrogen-bond donors (Lipinski definition) is 0. The summed E-state index contributed by atoms with van der Waals surface area (Å²) in [4.78, 5) is 17.9. The van der Waals surface area contributed by atoms with Gasteiger partial charge in [0.1, 0.15) is 5.75 Å². The monoisotopic (exact) mass is 446 g/mol. The number of nitrogens with zero attached hydrogens (tertiary/aromatic N) is 2. The van der Waals surface area contributed by atoms with E-state index in [1.54, 1.807) is 12.1 Å². The van der Waals surface area contributed by atoms with E-state index < -0.39 is 0 Å². The van der Waals surface area contributed by atoms with Crippen LogP contribution in [0.1, 0.15) is 43.5 Å². The fourth-order valence-corrected chi connectivity index (χ4v) is 4.51. The van der Waals surface area contributed by atoms with Gasteiger partial charge in [-0.2, -0.15) is 4.99 Å². The summed E-state index contributed by atoms with van der Waals surface area (Å²) >= 11 is 7.88. The summed E-state index contributed by atoms with van der Waals surface area (Å²) in [5.41, 5.74) is 1.38. The first-order valence-corrected chi connectivity index (χ1v) is 11.5. The van der Waals surface area contributed by atoms with Gasteiger partial charge in [0.05, 0.1) is 28.5 Å². The van der Waals surface area contributed by atoms with Crippen LogP contribution in [0.5, 0.6) is 5.75 Å². The van der Waals surface area contributed by atoms with E-state index in [4.69, 9.17) is 21.1 Å². The van der Waals surface area contributed by atoms with Crippen molar-refractivity contribution >= 4 is 39.1 Å². The Kier molecular flexibility index (Phi) is 8.49. The Morgan fingerprint density at radius 1 is 1.13 bits per heavy atom. The van der Waals surface area contributed by atoms with Crippen LogP contribution in [0.15, 0.2) is 47.5 Å². The molecule has 0 aliphatic carbocycles. The minimum atomic E-state index is -0.304. The third-order valence-electron chi connectivity index (χ3n) is 4.61. The van der Waals surface area contributed by atoms with Crippen molar-refractivity contribution in [1.29, 1.82) is 0 Å². The lowest BCUT2D eigenvalue weighted by Crippen LogP contribution is -2.20. The lowest BCUT2D eigenvalue weighted by Gasteiger charge is -2.07. The zero-order valence-electron chi connectivity index (χ0n) is 17.4. The average Bonchev–Trinajstić information content (AvgIpc) is 3.10. The van der Waals surface area contributed by atoms with Gasteiger partial charge in [0.25, 0.3) is 5.91 Å². The van der Waals surface area contributed by atoms with Gasteiger partial charge in [-0.15, -0.1) is 0 Å². The van der Waals surface area contributed by atoms with Gasteiger partial charge in [-0.25, -0.2) is 0 Å². The fraction of sp³-hybridized carbons (Fsp3) is 0.391. The van der Waals surface area contributed by atoms with E-state index in [0.29, 0.717) is 47.5 Å². The van der Waals surface area contributed by atoms with Gasteiger partial charge in [0.2, 0.25) is 0 Å². The van der Waals surface area contributed by atoms with Crippen LogP contribution in [0, 0.1) is 0 Å². The van der Waals surface area contributed by atoms with Crippen LogP contribution in [0.3, 0.4) is 0 Å². The molecule has 3 aromatic rings. The SMILES string of the molecule is CCCCCOc1cccc(C(=O)N=c2sc3cccc(Cl)c3n2CCOCC)c1. The number of halogens is 1. The second-order valence-corrected chi connectivity index (χ2v) is 8.24. The third kappa shape index (κ3) is 5.72. The molecule has 0 saturated heterocycles. The second kappa shape index (κ2) is 11.3. The van der Waals surface area contributed by atoms with Crippen molar-refractivity contribution in [3.8, 4) is 5.75 Å². The number of carbonyl (C=O) groups excluding carboxylic acids is 1. The van der Waals surface area contributed by atoms with E-state index in [1.807, 2.05) is 41.8 Å². The molecular weight excluding hydrogens is 420 g/mol. The summed E-state index contributed by atoms with van der Waals surface area (Å²) in [5.74, 6) is 0.387. The van der Waals surface area contributed by atoms with Crippen molar-refractivity contribution in [3.05, 3.63) is 57.9 Å². The highest BCUT2D eigenvalue weighted by Gasteiger charge is 2.12. The van der Waals surface area contributed by atoms with E-state index in [-0.39, 0.29) is 5.91 Å². The highest BCUT2D eigenvalue weighted by Crippen LogP contribution is 2.25. The Hall–Kier alpha value is -2.15. The Bertz CT molecular complexity index is 1060. The number of rotatable bonds is 10. The summed E-state index contributed by atoms with van der Waals surface area (Å²) in [5, 5.41) is 0.636. The fourth-order valence-electron chi connectivity index (χ4n) is 3.09. The third-order valence-corrected chi connectivity index (χ3v) is 5.96. The highest BCUT2D eigenvalue weighted by molar-refractivity contribution is 7.16. The van der Waals surface area contributed by atoms with Crippen LogP contribution in [0.25, 0.3) is 10.2 Å². The van der Waals surface area contributed by atoms with Crippen molar-refractivity contribution in [1.82, 2.24) is 4.57 Å². The van der Waals surface area contributed by atoms with Gasteiger partial charge in [0, 0.05) is 18.7 Å². The first-order valence-electron chi connectivity index (χ1n) is 10.3. The number of fused-ring (bicyclic) bond motifs is 1. The molecule has 1 aromatic heterocycles. The van der Waals surface area contributed by atoms with E-state index >= 15 is 0 Å². The summed E-state index contributed by atoms with van der Waals surface area (Å²) in [7, 11) is 0. The van der Waals surface area contributed by atoms with Crippen LogP contribution in [-0.2, 0) is 11.3 Å². The van der Waals surface area contributed by atoms with E-state index in [2.05, 4.69) is 11.9 Å². The zero-order chi connectivity index (χ0) is 21.3. The molecule has 0 fully saturated rings. The Morgan fingerprint density at radius 3 is 2.77 bits per heavy atom. The van der Waals surface area contributed by atoms with E-state index in [1.165, 1.54) is 11.3 Å². The predicted molar refractivity (Wildman–Crippen MR) is 123 cm³/mol. The molecule has 2 aromatic carbocycles. The molecule has 0 aliphatic heterocycles. The number of aromatic nitrogens is 1. The molecule has 160 valence electrons. The molecule has 1 heterocycles. The molecule has 7 heteroatoms. The van der Waals surface area contributed by atoms with E-state index in [9.17, 15) is 4.79 Å². The maximum Gasteiger partial charge on any atom is 0.279 e. The lowest BCUT2D eigenvalue weighted by molar-refractivity contribution is 0.0996. The molecule has 3 rings (SSSR count). The normalized spacial score (nSPS) is 11.9. The van der Waals surface area contributed by atoms with Crippen molar-refractivity contribution in [2.45, 2.75) is 39.7 Å². The minimum absolute atomic E-state index is 0.304. The first-order chi connectivity index (χ1) is 14.6. The van der Waals surface area contributed by atoms with Gasteiger partial charge < -0.3 is 14.0 Å². The molecule has 0 bridgehead atoms. The van der Waals surface area contributed by atoms with Crippen molar-refractivity contribution in [3.63, 3.8) is 0 Å². The summed E-state index contributed by atoms with van der Waals surface area (Å²) in [6, 6.07) is 12.9. The van der Waals surface area contributed by atoms with Crippen LogP contribution in [0.2, 0.25) is 5.02 Å². The number of ether oxygens (including phenoxy) is 2. The van der Waals surface area contributed by atoms with Crippen LogP contribution in [-0.4, -0.2) is 30.3 Å². The molecule has 0 unspecified atom stereocenters. The molecule has 5 nitrogen and oxygen atoms in total. The van der Waals surface area contributed by atoms with Crippen LogP contribution < -0.4 is 9.54 Å². The molecule has 0 aliphatic rings. The largest absolute Gasteiger partial charge is 0.494 e. The number of carbonyl (C=O) groups is 1. The molecule has 0 N–H and O–H groups in total. The van der Waals surface area contributed by atoms with Gasteiger partial charge in [-0.1, -0.05) is 54.8 Å². The molecule has 0 saturated carbocycles. The average molecular weight is 447 g/mol. The Labute approximate surface area is 185 Å². The summed E-state index contributed by atoms with van der Waals surface area (Å²) in [6.07, 6.45) is 3.27. The minimum Gasteiger partial charge on any atom is -0.494 e. The van der Waals surface area contributed by atoms with Crippen molar-refractivity contribution < 1.29 is 14.3 Å². The smallest absolute Gasteiger partial charge is 0.279 e. The van der Waals surface area contributed by atoms with Crippen LogP contribution in [0.4, 0.5) is 0 Å². The molecule has 0 spiro atoms. The Morgan fingerprint density at radius 2 is 1.97 bits per heavy atom. The predicted octanol–water partition coefficient (Wildman–Crippen LogP) is 5.70. The maximum atomic E-state index is 12.9. The molecule has 0 radical (unpaired) electrons. The number of benzene rings is 2. The standard InChI is InChI=1S/C23H27ClN2O3S/c1-3-5-6-14-29-18-10-7-9-17(16-18)22(27)25-23-26(13-15-28-4-2)21-19(24)11-8-12-20(21)30-23/h7-12,16H,3-6,13-15H2,1-2H3. The lowest BCUT2D eigenvalue weighted by atomic mass is 10.2. The number of para-hydroxylation sites is 1. The highest BCUT2D eigenvalue weighted by atomic mass is 35.5. The summed E-state index contributed by atoms with van der Waals surface area (Å²) < 4.78 is 14.2. The van der Waals surface area contributed by atoms with Gasteiger partial charge in [-0.05, 0) is 43.7 Å². The molecule has 1 amide bonds. The molecule has 0 atom stereocenters. The summed E-state index contributed by atoms with van der Waals surface area (Å²) in [6.45, 7) is 6.49. The Balaban J connectivity index is 1.89. The topological polar surface area (TPSA) is 52.8 Å². The van der Waals surface area contributed by atoms with Crippen LogP contribution >= 0.6 is 22.9 Å². The molecule has 30 heavy (non-hydrogen) atoms. The van der Waals surface area contributed by atoms with Crippen molar-refractivity contribution in [2.24, 2.45) is 4.99 Å². The quantitative estimate of drug-likeness (QED) is 0.375. The number of unbranched alkanes of at least 4 members (excludes halogenated alkanes) is 2. The maximum absolute atomic E-state index is 12.9. The zero-order valence-corrected chi connectivity index (χ0v) is 19.0. The van der Waals surface area contributed by atoms with Gasteiger partial charge >= 0.3 is 0 Å². The number of hydrogen-bond acceptors (Lipinski definition) is 4. The first kappa shape index (κ1) is 22.5.